The molecule has 1 aliphatic heterocycles. The number of esters is 1. The Kier molecular flexibility index (Phi) is 5.46. The Balaban J connectivity index is 1.47. The lowest BCUT2D eigenvalue weighted by Gasteiger charge is -2.21. The molecule has 0 aliphatic carbocycles. The van der Waals surface area contributed by atoms with Crippen LogP contribution in [0.25, 0.3) is 0 Å². The number of hydrogen-bond donors (Lipinski definition) is 1. The summed E-state index contributed by atoms with van der Waals surface area (Å²) in [5.74, 6) is -0.477. The maximum Gasteiger partial charge on any atom is 0.306 e. The standard InChI is InChI=1S/C20H22N2O3/c21-17(10-11-19(23)25-14-15-6-2-1-3-7-15)20(24)22-13-12-16-8-4-5-9-18(16)22/h1-9,17H,10-14,21H2. The summed E-state index contributed by atoms with van der Waals surface area (Å²) in [6.45, 7) is 0.882. The summed E-state index contributed by atoms with van der Waals surface area (Å²) < 4.78 is 5.22. The molecule has 1 atom stereocenters. The van der Waals surface area contributed by atoms with Gasteiger partial charge < -0.3 is 15.4 Å². The third-order valence-electron chi connectivity index (χ3n) is 4.37. The zero-order valence-corrected chi connectivity index (χ0v) is 14.1. The fourth-order valence-corrected chi connectivity index (χ4v) is 2.97. The molecule has 0 aromatic heterocycles. The number of benzene rings is 2. The van der Waals surface area contributed by atoms with Gasteiger partial charge in [-0.15, -0.1) is 0 Å². The third-order valence-corrected chi connectivity index (χ3v) is 4.37. The summed E-state index contributed by atoms with van der Waals surface area (Å²) in [4.78, 5) is 26.1. The third kappa shape index (κ3) is 4.25. The Morgan fingerprint density at radius 3 is 2.60 bits per heavy atom. The highest BCUT2D eigenvalue weighted by Crippen LogP contribution is 2.28. The van der Waals surface area contributed by atoms with E-state index in [1.807, 2.05) is 54.6 Å². The Morgan fingerprint density at radius 1 is 1.08 bits per heavy atom. The molecule has 0 saturated heterocycles. The average Bonchev–Trinajstić information content (AvgIpc) is 3.08. The molecule has 25 heavy (non-hydrogen) atoms. The quantitative estimate of drug-likeness (QED) is 0.821. The molecular weight excluding hydrogens is 316 g/mol. The molecule has 1 amide bonds. The van der Waals surface area contributed by atoms with Crippen molar-refractivity contribution < 1.29 is 14.3 Å². The molecule has 0 spiro atoms. The maximum atomic E-state index is 12.5. The van der Waals surface area contributed by atoms with E-state index in [2.05, 4.69) is 0 Å². The van der Waals surface area contributed by atoms with Gasteiger partial charge in [0.25, 0.3) is 0 Å². The molecule has 0 radical (unpaired) electrons. The summed E-state index contributed by atoms with van der Waals surface area (Å²) in [5.41, 5.74) is 9.03. The molecular formula is C20H22N2O3. The summed E-state index contributed by atoms with van der Waals surface area (Å²) in [7, 11) is 0. The van der Waals surface area contributed by atoms with Crippen LogP contribution >= 0.6 is 0 Å². The second-order valence-corrected chi connectivity index (χ2v) is 6.16. The van der Waals surface area contributed by atoms with Crippen LogP contribution in [0.3, 0.4) is 0 Å². The van der Waals surface area contributed by atoms with Gasteiger partial charge in [0, 0.05) is 18.7 Å². The minimum Gasteiger partial charge on any atom is -0.461 e. The van der Waals surface area contributed by atoms with E-state index in [1.54, 1.807) is 4.90 Å². The highest BCUT2D eigenvalue weighted by molar-refractivity contribution is 5.99. The van der Waals surface area contributed by atoms with Gasteiger partial charge in [-0.2, -0.15) is 0 Å². The number of ether oxygens (including phenoxy) is 1. The van der Waals surface area contributed by atoms with Gasteiger partial charge in [-0.05, 0) is 30.0 Å². The largest absolute Gasteiger partial charge is 0.461 e. The van der Waals surface area contributed by atoms with Crippen molar-refractivity contribution in [2.24, 2.45) is 5.73 Å². The van der Waals surface area contributed by atoms with Crippen LogP contribution in [-0.4, -0.2) is 24.5 Å². The lowest BCUT2D eigenvalue weighted by atomic mass is 10.1. The van der Waals surface area contributed by atoms with Crippen LogP contribution in [0, 0.1) is 0 Å². The van der Waals surface area contributed by atoms with Gasteiger partial charge in [0.15, 0.2) is 0 Å². The summed E-state index contributed by atoms with van der Waals surface area (Å²) in [5, 5.41) is 0. The lowest BCUT2D eigenvalue weighted by Crippen LogP contribution is -2.43. The van der Waals surface area contributed by atoms with Crippen molar-refractivity contribution in [2.45, 2.75) is 31.9 Å². The van der Waals surface area contributed by atoms with Crippen molar-refractivity contribution in [1.82, 2.24) is 0 Å². The summed E-state index contributed by atoms with van der Waals surface area (Å²) in [6.07, 6.45) is 1.26. The van der Waals surface area contributed by atoms with Crippen LogP contribution in [0.1, 0.15) is 24.0 Å². The number of hydrogen-bond acceptors (Lipinski definition) is 4. The number of amides is 1. The van der Waals surface area contributed by atoms with E-state index >= 15 is 0 Å². The van der Waals surface area contributed by atoms with Crippen molar-refractivity contribution in [1.29, 1.82) is 0 Å². The van der Waals surface area contributed by atoms with E-state index in [-0.39, 0.29) is 31.3 Å². The zero-order chi connectivity index (χ0) is 17.6. The van der Waals surface area contributed by atoms with Crippen LogP contribution < -0.4 is 10.6 Å². The van der Waals surface area contributed by atoms with Crippen LogP contribution in [-0.2, 0) is 27.4 Å². The van der Waals surface area contributed by atoms with Crippen LogP contribution in [0.4, 0.5) is 5.69 Å². The van der Waals surface area contributed by atoms with Crippen LogP contribution in [0.2, 0.25) is 0 Å². The molecule has 1 aliphatic rings. The summed E-state index contributed by atoms with van der Waals surface area (Å²) >= 11 is 0. The predicted octanol–water partition coefficient (Wildman–Crippen LogP) is 2.43. The maximum absolute atomic E-state index is 12.5. The number of fused-ring (bicyclic) bond motifs is 1. The van der Waals surface area contributed by atoms with Crippen molar-refractivity contribution in [3.05, 3.63) is 65.7 Å². The molecule has 1 heterocycles. The normalized spacial score (nSPS) is 14.0. The fraction of sp³-hybridized carbons (Fsp3) is 0.300. The van der Waals surface area contributed by atoms with E-state index in [9.17, 15) is 9.59 Å². The number of nitrogens with zero attached hydrogens (tertiary/aromatic N) is 1. The van der Waals surface area contributed by atoms with Gasteiger partial charge >= 0.3 is 5.97 Å². The molecule has 5 heteroatoms. The van der Waals surface area contributed by atoms with Crippen molar-refractivity contribution in [2.75, 3.05) is 11.4 Å². The van der Waals surface area contributed by atoms with Gasteiger partial charge in [-0.3, -0.25) is 9.59 Å². The van der Waals surface area contributed by atoms with Gasteiger partial charge in [-0.25, -0.2) is 0 Å². The first kappa shape index (κ1) is 17.2. The Bertz CT molecular complexity index is 746. The smallest absolute Gasteiger partial charge is 0.306 e. The minimum absolute atomic E-state index is 0.134. The molecule has 0 fully saturated rings. The highest BCUT2D eigenvalue weighted by Gasteiger charge is 2.28. The van der Waals surface area contributed by atoms with E-state index < -0.39 is 6.04 Å². The predicted molar refractivity (Wildman–Crippen MR) is 95.9 cm³/mol. The fourth-order valence-electron chi connectivity index (χ4n) is 2.97. The molecule has 5 nitrogen and oxygen atoms in total. The molecule has 0 saturated carbocycles. The SMILES string of the molecule is NC(CCC(=O)OCc1ccccc1)C(=O)N1CCc2ccccc21. The average molecular weight is 338 g/mol. The number of carbonyl (C=O) groups is 2. The van der Waals surface area contributed by atoms with Crippen molar-refractivity contribution in [3.63, 3.8) is 0 Å². The van der Waals surface area contributed by atoms with E-state index in [1.165, 1.54) is 0 Å². The van der Waals surface area contributed by atoms with E-state index in [0.29, 0.717) is 6.54 Å². The highest BCUT2D eigenvalue weighted by atomic mass is 16.5. The first-order valence-electron chi connectivity index (χ1n) is 8.49. The van der Waals surface area contributed by atoms with Gasteiger partial charge in [0.2, 0.25) is 5.91 Å². The second kappa shape index (κ2) is 7.94. The molecule has 3 rings (SSSR count). The van der Waals surface area contributed by atoms with Crippen LogP contribution in [0.15, 0.2) is 54.6 Å². The van der Waals surface area contributed by atoms with Crippen LogP contribution in [0.5, 0.6) is 0 Å². The lowest BCUT2D eigenvalue weighted by molar-refractivity contribution is -0.145. The van der Waals surface area contributed by atoms with E-state index in [4.69, 9.17) is 10.5 Å². The van der Waals surface area contributed by atoms with Gasteiger partial charge in [-0.1, -0.05) is 48.5 Å². The topological polar surface area (TPSA) is 72.6 Å². The number of rotatable bonds is 6. The Labute approximate surface area is 147 Å². The minimum atomic E-state index is -0.699. The number of para-hydroxylation sites is 1. The van der Waals surface area contributed by atoms with E-state index in [0.717, 1.165) is 23.2 Å². The molecule has 2 aromatic rings. The van der Waals surface area contributed by atoms with Gasteiger partial charge in [0.05, 0.1) is 6.04 Å². The Hall–Kier alpha value is -2.66. The monoisotopic (exact) mass is 338 g/mol. The van der Waals surface area contributed by atoms with Crippen molar-refractivity contribution >= 4 is 17.6 Å². The van der Waals surface area contributed by atoms with Gasteiger partial charge in [0.1, 0.15) is 6.61 Å². The molecule has 1 unspecified atom stereocenters. The number of anilines is 1. The van der Waals surface area contributed by atoms with Crippen molar-refractivity contribution in [3.8, 4) is 0 Å². The molecule has 2 N–H and O–H groups in total. The molecule has 0 bridgehead atoms. The number of carbonyl (C=O) groups excluding carboxylic acids is 2. The zero-order valence-electron chi connectivity index (χ0n) is 14.1. The number of nitrogens with two attached hydrogens (primary N) is 1. The summed E-state index contributed by atoms with van der Waals surface area (Å²) in [6, 6.07) is 16.6. The first-order valence-corrected chi connectivity index (χ1v) is 8.49. The molecule has 130 valence electrons. The first-order chi connectivity index (χ1) is 12.1. The Morgan fingerprint density at radius 2 is 1.80 bits per heavy atom. The second-order valence-electron chi connectivity index (χ2n) is 6.16. The molecule has 2 aromatic carbocycles.